The molecular formula is C22H20N6O2. The second-order valence-electron chi connectivity index (χ2n) is 6.76. The van der Waals surface area contributed by atoms with E-state index >= 15 is 0 Å². The lowest BCUT2D eigenvalue weighted by Crippen LogP contribution is -2.22. The Bertz CT molecular complexity index is 1320. The average Bonchev–Trinajstić information content (AvgIpc) is 3.03. The van der Waals surface area contributed by atoms with Gasteiger partial charge in [0.2, 0.25) is 5.95 Å². The number of hydrogen-bond donors (Lipinski definition) is 3. The first-order valence-corrected chi connectivity index (χ1v) is 9.37. The average molecular weight is 400 g/mol. The summed E-state index contributed by atoms with van der Waals surface area (Å²) in [4.78, 5) is 31.8. The van der Waals surface area contributed by atoms with Gasteiger partial charge in [-0.25, -0.2) is 15.1 Å². The van der Waals surface area contributed by atoms with Crippen molar-refractivity contribution in [2.75, 3.05) is 5.43 Å². The molecule has 0 atom stereocenters. The van der Waals surface area contributed by atoms with E-state index in [2.05, 4.69) is 25.6 Å². The molecule has 3 N–H and O–H groups in total. The van der Waals surface area contributed by atoms with Gasteiger partial charge in [-0.2, -0.15) is 5.10 Å². The van der Waals surface area contributed by atoms with Crippen LogP contribution in [0.2, 0.25) is 0 Å². The van der Waals surface area contributed by atoms with Gasteiger partial charge in [-0.05, 0) is 26.0 Å². The van der Waals surface area contributed by atoms with E-state index in [1.807, 2.05) is 67.6 Å². The zero-order valence-electron chi connectivity index (χ0n) is 16.5. The summed E-state index contributed by atoms with van der Waals surface area (Å²) >= 11 is 0. The van der Waals surface area contributed by atoms with Crippen LogP contribution in [-0.4, -0.2) is 25.5 Å². The molecule has 0 radical (unpaired) electrons. The Balaban J connectivity index is 1.85. The molecule has 2 aromatic heterocycles. The fraction of sp³-hybridized carbons (Fsp3) is 0.0909. The predicted octanol–water partition coefficient (Wildman–Crippen LogP) is 2.73. The lowest BCUT2D eigenvalue weighted by atomic mass is 10.0. The second kappa shape index (κ2) is 8.04. The van der Waals surface area contributed by atoms with Crippen molar-refractivity contribution in [2.24, 2.45) is 5.10 Å². The fourth-order valence-corrected chi connectivity index (χ4v) is 3.19. The van der Waals surface area contributed by atoms with E-state index in [-0.39, 0.29) is 17.1 Å². The molecule has 30 heavy (non-hydrogen) atoms. The number of H-pyrrole nitrogens is 2. The predicted molar refractivity (Wildman–Crippen MR) is 116 cm³/mol. The van der Waals surface area contributed by atoms with Gasteiger partial charge in [0.05, 0.1) is 11.3 Å². The van der Waals surface area contributed by atoms with E-state index in [0.29, 0.717) is 22.7 Å². The monoisotopic (exact) mass is 400 g/mol. The molecule has 0 aliphatic rings. The smallest absolute Gasteiger partial charge is 0.281 e. The van der Waals surface area contributed by atoms with Crippen molar-refractivity contribution in [1.29, 1.82) is 0 Å². The minimum atomic E-state index is -0.286. The van der Waals surface area contributed by atoms with Crippen LogP contribution in [0.3, 0.4) is 0 Å². The molecule has 4 aromatic rings. The van der Waals surface area contributed by atoms with Gasteiger partial charge in [0, 0.05) is 23.0 Å². The number of anilines is 1. The summed E-state index contributed by atoms with van der Waals surface area (Å²) in [6, 6.07) is 20.1. The van der Waals surface area contributed by atoms with Crippen LogP contribution < -0.4 is 16.5 Å². The van der Waals surface area contributed by atoms with Crippen LogP contribution in [0.1, 0.15) is 22.5 Å². The lowest BCUT2D eigenvalue weighted by Gasteiger charge is -2.07. The SMILES string of the molecule is Cc1cc(=O)[nH]c(N/N=C(/c2ccccc2)c2c(C)[nH]n(-c3ccccc3)c2=O)n1. The second-order valence-corrected chi connectivity index (χ2v) is 6.76. The number of aryl methyl sites for hydroxylation is 2. The maximum atomic E-state index is 13.3. The largest absolute Gasteiger partial charge is 0.295 e. The summed E-state index contributed by atoms with van der Waals surface area (Å²) in [6.45, 7) is 3.54. The van der Waals surface area contributed by atoms with Crippen LogP contribution in [0.5, 0.6) is 0 Å². The summed E-state index contributed by atoms with van der Waals surface area (Å²) in [5, 5.41) is 7.56. The lowest BCUT2D eigenvalue weighted by molar-refractivity contribution is 0.835. The Morgan fingerprint density at radius 3 is 2.33 bits per heavy atom. The van der Waals surface area contributed by atoms with Crippen LogP contribution >= 0.6 is 0 Å². The molecule has 8 nitrogen and oxygen atoms in total. The van der Waals surface area contributed by atoms with E-state index in [9.17, 15) is 9.59 Å². The third kappa shape index (κ3) is 3.83. The Kier molecular flexibility index (Phi) is 5.13. The number of nitrogens with zero attached hydrogens (tertiary/aromatic N) is 3. The third-order valence-electron chi connectivity index (χ3n) is 4.51. The maximum Gasteiger partial charge on any atom is 0.281 e. The highest BCUT2D eigenvalue weighted by Crippen LogP contribution is 2.13. The van der Waals surface area contributed by atoms with Crippen LogP contribution in [-0.2, 0) is 0 Å². The number of rotatable bonds is 5. The van der Waals surface area contributed by atoms with Crippen molar-refractivity contribution in [3.05, 3.63) is 110 Å². The van der Waals surface area contributed by atoms with Crippen LogP contribution in [0, 0.1) is 13.8 Å². The molecule has 0 amide bonds. The summed E-state index contributed by atoms with van der Waals surface area (Å²) in [5.41, 5.74) is 5.83. The van der Waals surface area contributed by atoms with Crippen LogP contribution in [0.4, 0.5) is 5.95 Å². The number of aromatic amines is 2. The highest BCUT2D eigenvalue weighted by Gasteiger charge is 2.19. The van der Waals surface area contributed by atoms with Crippen molar-refractivity contribution in [2.45, 2.75) is 13.8 Å². The Morgan fingerprint density at radius 1 is 1.00 bits per heavy atom. The van der Waals surface area contributed by atoms with E-state index in [0.717, 1.165) is 11.3 Å². The van der Waals surface area contributed by atoms with Crippen molar-refractivity contribution in [3.8, 4) is 5.69 Å². The first-order valence-electron chi connectivity index (χ1n) is 9.37. The van der Waals surface area contributed by atoms with E-state index in [1.165, 1.54) is 10.7 Å². The number of aromatic nitrogens is 4. The molecular weight excluding hydrogens is 380 g/mol. The standard InChI is InChI=1S/C22H20N6O2/c1-14-13-18(29)24-22(23-14)26-25-20(16-9-5-3-6-10-16)19-15(2)27-28(21(19)30)17-11-7-4-8-12-17/h3-13,27H,1-2H3,(H2,23,24,26,29)/b25-20-. The van der Waals surface area contributed by atoms with Gasteiger partial charge in [-0.15, -0.1) is 0 Å². The molecule has 2 heterocycles. The van der Waals surface area contributed by atoms with Crippen LogP contribution in [0.15, 0.2) is 81.4 Å². The molecule has 0 bridgehead atoms. The first kappa shape index (κ1) is 19.1. The molecule has 0 saturated heterocycles. The molecule has 0 fully saturated rings. The van der Waals surface area contributed by atoms with Gasteiger partial charge in [0.25, 0.3) is 11.1 Å². The van der Waals surface area contributed by atoms with Gasteiger partial charge < -0.3 is 0 Å². The first-order chi connectivity index (χ1) is 14.5. The molecule has 8 heteroatoms. The number of hydrogen-bond acceptors (Lipinski definition) is 5. The minimum absolute atomic E-state index is 0.199. The summed E-state index contributed by atoms with van der Waals surface area (Å²) in [7, 11) is 0. The van der Waals surface area contributed by atoms with Crippen molar-refractivity contribution >= 4 is 11.7 Å². The topological polar surface area (TPSA) is 108 Å². The summed E-state index contributed by atoms with van der Waals surface area (Å²) in [6.07, 6.45) is 0. The Morgan fingerprint density at radius 2 is 1.67 bits per heavy atom. The van der Waals surface area contributed by atoms with Gasteiger partial charge in [-0.1, -0.05) is 48.5 Å². The Hall–Kier alpha value is -4.20. The number of para-hydroxylation sites is 1. The van der Waals surface area contributed by atoms with Crippen molar-refractivity contribution < 1.29 is 0 Å². The van der Waals surface area contributed by atoms with E-state index < -0.39 is 0 Å². The Labute approximate surface area is 171 Å². The van der Waals surface area contributed by atoms with Crippen molar-refractivity contribution in [1.82, 2.24) is 19.7 Å². The molecule has 0 unspecified atom stereocenters. The van der Waals surface area contributed by atoms with Gasteiger partial charge in [0.15, 0.2) is 0 Å². The molecule has 0 spiro atoms. The van der Waals surface area contributed by atoms with Crippen LogP contribution in [0.25, 0.3) is 5.69 Å². The molecule has 4 rings (SSSR count). The molecule has 0 aliphatic carbocycles. The van der Waals surface area contributed by atoms with Gasteiger partial charge in [0.1, 0.15) is 5.71 Å². The molecule has 0 saturated carbocycles. The number of hydrazone groups is 1. The van der Waals surface area contributed by atoms with E-state index in [4.69, 9.17) is 0 Å². The minimum Gasteiger partial charge on any atom is -0.295 e. The zero-order chi connectivity index (χ0) is 21.1. The highest BCUT2D eigenvalue weighted by molar-refractivity contribution is 6.13. The summed E-state index contributed by atoms with van der Waals surface area (Å²) in [5.74, 6) is 0.199. The molecule has 0 aliphatic heterocycles. The maximum absolute atomic E-state index is 13.3. The quantitative estimate of drug-likeness (QED) is 0.354. The highest BCUT2D eigenvalue weighted by atomic mass is 16.1. The number of nitrogens with one attached hydrogen (secondary N) is 3. The summed E-state index contributed by atoms with van der Waals surface area (Å²) < 4.78 is 1.48. The van der Waals surface area contributed by atoms with Gasteiger partial charge >= 0.3 is 0 Å². The molecule has 2 aromatic carbocycles. The van der Waals surface area contributed by atoms with E-state index in [1.54, 1.807) is 6.92 Å². The number of benzene rings is 2. The van der Waals surface area contributed by atoms with Crippen molar-refractivity contribution in [3.63, 3.8) is 0 Å². The zero-order valence-corrected chi connectivity index (χ0v) is 16.5. The fourth-order valence-electron chi connectivity index (χ4n) is 3.19. The molecule has 150 valence electrons. The third-order valence-corrected chi connectivity index (χ3v) is 4.51. The van der Waals surface area contributed by atoms with Gasteiger partial charge in [-0.3, -0.25) is 19.7 Å². The normalized spacial score (nSPS) is 11.5.